The minimum absolute atomic E-state index is 0.198. The second-order valence-corrected chi connectivity index (χ2v) is 6.93. The SMILES string of the molecule is CCn1cccc1CNC1CCCN(C(=O)OC(C)(C)C)C1. The molecule has 1 N–H and O–H groups in total. The molecule has 2 rings (SSSR count). The van der Waals surface area contributed by atoms with Gasteiger partial charge in [-0.1, -0.05) is 0 Å². The molecule has 1 saturated heterocycles. The molecule has 0 spiro atoms. The van der Waals surface area contributed by atoms with Crippen LogP contribution in [0.1, 0.15) is 46.2 Å². The smallest absolute Gasteiger partial charge is 0.410 e. The Bertz CT molecular complexity index is 490. The molecule has 124 valence electrons. The molecule has 5 nitrogen and oxygen atoms in total. The molecule has 22 heavy (non-hydrogen) atoms. The molecular weight excluding hydrogens is 278 g/mol. The zero-order valence-corrected chi connectivity index (χ0v) is 14.3. The highest BCUT2D eigenvalue weighted by Crippen LogP contribution is 2.16. The minimum atomic E-state index is -0.431. The summed E-state index contributed by atoms with van der Waals surface area (Å²) in [6.45, 7) is 11.2. The average molecular weight is 307 g/mol. The van der Waals surface area contributed by atoms with Crippen LogP contribution in [0.4, 0.5) is 4.79 Å². The molecule has 1 aliphatic heterocycles. The first-order chi connectivity index (χ1) is 10.4. The molecule has 1 aliphatic rings. The summed E-state index contributed by atoms with van der Waals surface area (Å²) in [5, 5.41) is 3.58. The fourth-order valence-electron chi connectivity index (χ4n) is 2.80. The number of carbonyl (C=O) groups excluding carboxylic acids is 1. The van der Waals surface area contributed by atoms with Gasteiger partial charge in [-0.05, 0) is 52.7 Å². The highest BCUT2D eigenvalue weighted by atomic mass is 16.6. The van der Waals surface area contributed by atoms with Gasteiger partial charge in [0.2, 0.25) is 0 Å². The van der Waals surface area contributed by atoms with E-state index in [2.05, 4.69) is 35.1 Å². The average Bonchev–Trinajstić information content (AvgIpc) is 2.91. The fraction of sp³-hybridized carbons (Fsp3) is 0.706. The van der Waals surface area contributed by atoms with Crippen molar-refractivity contribution >= 4 is 6.09 Å². The van der Waals surface area contributed by atoms with Crippen LogP contribution in [0.3, 0.4) is 0 Å². The Balaban J connectivity index is 1.84. The monoisotopic (exact) mass is 307 g/mol. The van der Waals surface area contributed by atoms with Gasteiger partial charge in [-0.2, -0.15) is 0 Å². The van der Waals surface area contributed by atoms with Crippen molar-refractivity contribution in [2.24, 2.45) is 0 Å². The lowest BCUT2D eigenvalue weighted by Crippen LogP contribution is -2.49. The number of rotatable bonds is 4. The summed E-state index contributed by atoms with van der Waals surface area (Å²) in [6.07, 6.45) is 4.03. The van der Waals surface area contributed by atoms with Gasteiger partial charge < -0.3 is 19.5 Å². The van der Waals surface area contributed by atoms with Gasteiger partial charge in [0.05, 0.1) is 0 Å². The van der Waals surface area contributed by atoms with Crippen molar-refractivity contribution in [2.75, 3.05) is 13.1 Å². The van der Waals surface area contributed by atoms with Crippen LogP contribution in [0.25, 0.3) is 0 Å². The summed E-state index contributed by atoms with van der Waals surface area (Å²) < 4.78 is 7.71. The van der Waals surface area contributed by atoms with Gasteiger partial charge in [-0.3, -0.25) is 0 Å². The molecule has 1 unspecified atom stereocenters. The molecule has 0 radical (unpaired) electrons. The third kappa shape index (κ3) is 4.77. The predicted molar refractivity (Wildman–Crippen MR) is 87.8 cm³/mol. The molecule has 0 bridgehead atoms. The van der Waals surface area contributed by atoms with Gasteiger partial charge in [0.15, 0.2) is 0 Å². The molecule has 1 atom stereocenters. The summed E-state index contributed by atoms with van der Waals surface area (Å²) in [5.41, 5.74) is 0.858. The lowest BCUT2D eigenvalue weighted by Gasteiger charge is -2.34. The van der Waals surface area contributed by atoms with Crippen LogP contribution in [0, 0.1) is 0 Å². The summed E-state index contributed by atoms with van der Waals surface area (Å²) >= 11 is 0. The Labute approximate surface area is 133 Å². The van der Waals surface area contributed by atoms with Crippen molar-refractivity contribution < 1.29 is 9.53 Å². The van der Waals surface area contributed by atoms with E-state index < -0.39 is 5.60 Å². The number of carbonyl (C=O) groups is 1. The van der Waals surface area contributed by atoms with E-state index >= 15 is 0 Å². The third-order valence-electron chi connectivity index (χ3n) is 3.91. The summed E-state index contributed by atoms with van der Waals surface area (Å²) in [5.74, 6) is 0. The summed E-state index contributed by atoms with van der Waals surface area (Å²) in [7, 11) is 0. The Kier molecular flexibility index (Phi) is 5.51. The van der Waals surface area contributed by atoms with E-state index in [1.807, 2.05) is 25.7 Å². The molecular formula is C17H29N3O2. The number of nitrogens with one attached hydrogen (secondary N) is 1. The number of aromatic nitrogens is 1. The van der Waals surface area contributed by atoms with Crippen molar-refractivity contribution in [2.45, 2.75) is 65.3 Å². The van der Waals surface area contributed by atoms with Gasteiger partial charge in [0, 0.05) is 44.1 Å². The number of hydrogen-bond donors (Lipinski definition) is 1. The predicted octanol–water partition coefficient (Wildman–Crippen LogP) is 3.00. The zero-order chi connectivity index (χ0) is 16.2. The first-order valence-electron chi connectivity index (χ1n) is 8.24. The number of ether oxygens (including phenoxy) is 1. The maximum Gasteiger partial charge on any atom is 0.410 e. The van der Waals surface area contributed by atoms with Crippen LogP contribution in [-0.2, 0) is 17.8 Å². The van der Waals surface area contributed by atoms with Gasteiger partial charge in [-0.15, -0.1) is 0 Å². The number of likely N-dealkylation sites (tertiary alicyclic amines) is 1. The quantitative estimate of drug-likeness (QED) is 0.930. The van der Waals surface area contributed by atoms with Crippen LogP contribution in [-0.4, -0.2) is 40.3 Å². The number of hydrogen-bond acceptors (Lipinski definition) is 3. The number of amides is 1. The number of aryl methyl sites for hydroxylation is 1. The van der Waals surface area contributed by atoms with Crippen LogP contribution in [0.2, 0.25) is 0 Å². The van der Waals surface area contributed by atoms with E-state index in [1.165, 1.54) is 5.69 Å². The fourth-order valence-corrected chi connectivity index (χ4v) is 2.80. The van der Waals surface area contributed by atoms with Crippen molar-refractivity contribution in [3.8, 4) is 0 Å². The maximum absolute atomic E-state index is 12.2. The normalized spacial score (nSPS) is 19.3. The Morgan fingerprint density at radius 2 is 2.23 bits per heavy atom. The molecule has 2 heterocycles. The van der Waals surface area contributed by atoms with Crippen LogP contribution in [0.15, 0.2) is 18.3 Å². The molecule has 1 aromatic heterocycles. The summed E-state index contributed by atoms with van der Waals surface area (Å²) in [4.78, 5) is 14.0. The van der Waals surface area contributed by atoms with E-state index in [0.717, 1.165) is 39.0 Å². The second kappa shape index (κ2) is 7.18. The lowest BCUT2D eigenvalue weighted by molar-refractivity contribution is 0.0187. The van der Waals surface area contributed by atoms with Gasteiger partial charge in [-0.25, -0.2) is 4.79 Å². The molecule has 1 fully saturated rings. The number of piperidine rings is 1. The van der Waals surface area contributed by atoms with Crippen molar-refractivity contribution in [1.82, 2.24) is 14.8 Å². The van der Waals surface area contributed by atoms with E-state index in [4.69, 9.17) is 4.74 Å². The standard InChI is InChI=1S/C17H29N3O2/c1-5-19-10-7-9-15(19)12-18-14-8-6-11-20(13-14)16(21)22-17(2,3)4/h7,9-10,14,18H,5-6,8,11-13H2,1-4H3. The molecule has 0 aliphatic carbocycles. The highest BCUT2D eigenvalue weighted by Gasteiger charge is 2.27. The highest BCUT2D eigenvalue weighted by molar-refractivity contribution is 5.68. The molecule has 0 aromatic carbocycles. The van der Waals surface area contributed by atoms with Gasteiger partial charge in [0.1, 0.15) is 5.60 Å². The first-order valence-corrected chi connectivity index (χ1v) is 8.24. The Morgan fingerprint density at radius 3 is 2.91 bits per heavy atom. The Morgan fingerprint density at radius 1 is 1.45 bits per heavy atom. The van der Waals surface area contributed by atoms with E-state index in [1.54, 1.807) is 0 Å². The van der Waals surface area contributed by atoms with Gasteiger partial charge in [0.25, 0.3) is 0 Å². The Hall–Kier alpha value is -1.49. The van der Waals surface area contributed by atoms with Crippen molar-refractivity contribution in [3.05, 3.63) is 24.0 Å². The van der Waals surface area contributed by atoms with E-state index in [0.29, 0.717) is 6.04 Å². The molecule has 0 saturated carbocycles. The topological polar surface area (TPSA) is 46.5 Å². The van der Waals surface area contributed by atoms with E-state index in [-0.39, 0.29) is 6.09 Å². The van der Waals surface area contributed by atoms with E-state index in [9.17, 15) is 4.79 Å². The third-order valence-corrected chi connectivity index (χ3v) is 3.91. The van der Waals surface area contributed by atoms with Crippen molar-refractivity contribution in [1.29, 1.82) is 0 Å². The minimum Gasteiger partial charge on any atom is -0.444 e. The van der Waals surface area contributed by atoms with Gasteiger partial charge >= 0.3 is 6.09 Å². The second-order valence-electron chi connectivity index (χ2n) is 6.93. The largest absolute Gasteiger partial charge is 0.444 e. The lowest BCUT2D eigenvalue weighted by atomic mass is 10.1. The molecule has 5 heteroatoms. The number of nitrogens with zero attached hydrogens (tertiary/aromatic N) is 2. The first kappa shape index (κ1) is 16.9. The van der Waals surface area contributed by atoms with Crippen LogP contribution in [0.5, 0.6) is 0 Å². The molecule has 1 aromatic rings. The maximum atomic E-state index is 12.2. The zero-order valence-electron chi connectivity index (χ0n) is 14.3. The van der Waals surface area contributed by atoms with Crippen LogP contribution >= 0.6 is 0 Å². The molecule has 1 amide bonds. The van der Waals surface area contributed by atoms with Crippen molar-refractivity contribution in [3.63, 3.8) is 0 Å². The van der Waals surface area contributed by atoms with Crippen LogP contribution < -0.4 is 5.32 Å². The summed E-state index contributed by atoms with van der Waals surface area (Å²) in [6, 6.07) is 4.56.